The SMILES string of the molecule is Cc1cccc(C[C@@H](C)NC(=O)C(=O)c2cccnc2)n1. The van der Waals surface area contributed by atoms with Crippen molar-refractivity contribution in [2.24, 2.45) is 0 Å². The van der Waals surface area contributed by atoms with E-state index in [-0.39, 0.29) is 11.6 Å². The molecule has 2 aromatic rings. The van der Waals surface area contributed by atoms with E-state index in [0.717, 1.165) is 11.4 Å². The first kappa shape index (κ1) is 14.8. The lowest BCUT2D eigenvalue weighted by Crippen LogP contribution is -2.39. The van der Waals surface area contributed by atoms with Crippen molar-refractivity contribution in [1.82, 2.24) is 15.3 Å². The molecule has 0 aliphatic rings. The van der Waals surface area contributed by atoms with Crippen LogP contribution in [0.25, 0.3) is 0 Å². The summed E-state index contributed by atoms with van der Waals surface area (Å²) in [5.41, 5.74) is 2.10. The summed E-state index contributed by atoms with van der Waals surface area (Å²) in [5, 5.41) is 2.69. The molecule has 0 fully saturated rings. The van der Waals surface area contributed by atoms with Crippen molar-refractivity contribution >= 4 is 11.7 Å². The van der Waals surface area contributed by atoms with Gasteiger partial charge >= 0.3 is 0 Å². The topological polar surface area (TPSA) is 72.0 Å². The average molecular weight is 283 g/mol. The van der Waals surface area contributed by atoms with Crippen LogP contribution >= 0.6 is 0 Å². The average Bonchev–Trinajstić information content (AvgIpc) is 2.47. The molecule has 2 rings (SSSR count). The number of nitrogens with zero attached hydrogens (tertiary/aromatic N) is 2. The van der Waals surface area contributed by atoms with E-state index < -0.39 is 11.7 Å². The molecule has 0 saturated carbocycles. The van der Waals surface area contributed by atoms with Crippen molar-refractivity contribution in [3.05, 3.63) is 59.7 Å². The summed E-state index contributed by atoms with van der Waals surface area (Å²) in [4.78, 5) is 32.0. The summed E-state index contributed by atoms with van der Waals surface area (Å²) < 4.78 is 0. The fourth-order valence-corrected chi connectivity index (χ4v) is 2.00. The Kier molecular flexibility index (Phi) is 4.77. The maximum atomic E-state index is 11.9. The van der Waals surface area contributed by atoms with Gasteiger partial charge in [0.15, 0.2) is 0 Å². The molecule has 1 N–H and O–H groups in total. The number of Topliss-reactive ketones (excluding diaryl/α,β-unsaturated/α-hetero) is 1. The lowest BCUT2D eigenvalue weighted by molar-refractivity contribution is -0.117. The quantitative estimate of drug-likeness (QED) is 0.670. The van der Waals surface area contributed by atoms with E-state index in [2.05, 4.69) is 15.3 Å². The molecule has 1 amide bonds. The molecule has 0 aromatic carbocycles. The highest BCUT2D eigenvalue weighted by molar-refractivity contribution is 6.42. The van der Waals surface area contributed by atoms with Crippen molar-refractivity contribution in [1.29, 1.82) is 0 Å². The second-order valence-electron chi connectivity index (χ2n) is 4.92. The highest BCUT2D eigenvalue weighted by Gasteiger charge is 2.18. The standard InChI is InChI=1S/C16H17N3O2/c1-11-5-3-7-14(18-11)9-12(2)19-16(21)15(20)13-6-4-8-17-10-13/h3-8,10,12H,9H2,1-2H3,(H,19,21)/t12-/m1/s1. The van der Waals surface area contributed by atoms with Crippen molar-refractivity contribution in [3.8, 4) is 0 Å². The van der Waals surface area contributed by atoms with E-state index in [1.807, 2.05) is 32.0 Å². The van der Waals surface area contributed by atoms with Gasteiger partial charge in [0.2, 0.25) is 0 Å². The number of pyridine rings is 2. The molecule has 1 atom stereocenters. The second kappa shape index (κ2) is 6.74. The number of rotatable bonds is 5. The molecular weight excluding hydrogens is 266 g/mol. The van der Waals surface area contributed by atoms with E-state index in [9.17, 15) is 9.59 Å². The van der Waals surface area contributed by atoms with Gasteiger partial charge in [-0.05, 0) is 38.1 Å². The zero-order valence-electron chi connectivity index (χ0n) is 12.0. The first-order valence-corrected chi connectivity index (χ1v) is 6.74. The van der Waals surface area contributed by atoms with Gasteiger partial charge in [-0.1, -0.05) is 6.07 Å². The molecular formula is C16H17N3O2. The summed E-state index contributed by atoms with van der Waals surface area (Å²) in [6.45, 7) is 3.76. The minimum atomic E-state index is -0.622. The van der Waals surface area contributed by atoms with Crippen LogP contribution in [-0.2, 0) is 11.2 Å². The first-order chi connectivity index (χ1) is 10.1. The highest BCUT2D eigenvalue weighted by Crippen LogP contribution is 2.03. The second-order valence-corrected chi connectivity index (χ2v) is 4.92. The molecule has 108 valence electrons. The number of nitrogens with one attached hydrogen (secondary N) is 1. The van der Waals surface area contributed by atoms with E-state index in [4.69, 9.17) is 0 Å². The van der Waals surface area contributed by atoms with Gasteiger partial charge in [0, 0.05) is 41.8 Å². The van der Waals surface area contributed by atoms with Crippen LogP contribution < -0.4 is 5.32 Å². The van der Waals surface area contributed by atoms with Crippen LogP contribution in [0.4, 0.5) is 0 Å². The van der Waals surface area contributed by atoms with Crippen LogP contribution in [0.5, 0.6) is 0 Å². The zero-order chi connectivity index (χ0) is 15.2. The summed E-state index contributed by atoms with van der Waals surface area (Å²) in [6, 6.07) is 8.76. The lowest BCUT2D eigenvalue weighted by Gasteiger charge is -2.13. The Morgan fingerprint density at radius 1 is 1.24 bits per heavy atom. The molecule has 0 aliphatic heterocycles. The molecule has 2 aromatic heterocycles. The largest absolute Gasteiger partial charge is 0.346 e. The van der Waals surface area contributed by atoms with E-state index >= 15 is 0 Å². The molecule has 0 aliphatic carbocycles. The summed E-state index contributed by atoms with van der Waals surface area (Å²) >= 11 is 0. The Hall–Kier alpha value is -2.56. The Bertz CT molecular complexity index is 641. The number of amides is 1. The summed E-state index contributed by atoms with van der Waals surface area (Å²) in [6.07, 6.45) is 3.52. The van der Waals surface area contributed by atoms with E-state index in [1.165, 1.54) is 6.20 Å². The predicted molar refractivity (Wildman–Crippen MR) is 78.9 cm³/mol. The predicted octanol–water partition coefficient (Wildman–Crippen LogP) is 1.72. The Balaban J connectivity index is 1.95. The monoisotopic (exact) mass is 283 g/mol. The maximum absolute atomic E-state index is 11.9. The van der Waals surface area contributed by atoms with Crippen LogP contribution in [0.3, 0.4) is 0 Å². The van der Waals surface area contributed by atoms with Gasteiger partial charge < -0.3 is 5.32 Å². The number of aromatic nitrogens is 2. The number of aryl methyl sites for hydroxylation is 1. The number of carbonyl (C=O) groups is 2. The number of carbonyl (C=O) groups excluding carboxylic acids is 2. The molecule has 0 radical (unpaired) electrons. The van der Waals surface area contributed by atoms with Gasteiger partial charge in [0.25, 0.3) is 11.7 Å². The van der Waals surface area contributed by atoms with Gasteiger partial charge in [-0.3, -0.25) is 19.6 Å². The summed E-state index contributed by atoms with van der Waals surface area (Å²) in [5.74, 6) is -1.20. The Morgan fingerprint density at radius 3 is 2.71 bits per heavy atom. The normalized spacial score (nSPS) is 11.7. The van der Waals surface area contributed by atoms with Crippen molar-refractivity contribution in [2.75, 3.05) is 0 Å². The minimum Gasteiger partial charge on any atom is -0.346 e. The Morgan fingerprint density at radius 2 is 2.05 bits per heavy atom. The first-order valence-electron chi connectivity index (χ1n) is 6.74. The van der Waals surface area contributed by atoms with Crippen molar-refractivity contribution in [3.63, 3.8) is 0 Å². The minimum absolute atomic E-state index is 0.174. The highest BCUT2D eigenvalue weighted by atomic mass is 16.2. The number of hydrogen-bond acceptors (Lipinski definition) is 4. The fourth-order valence-electron chi connectivity index (χ4n) is 2.00. The Labute approximate surface area is 123 Å². The maximum Gasteiger partial charge on any atom is 0.292 e. The van der Waals surface area contributed by atoms with Gasteiger partial charge in [0.1, 0.15) is 0 Å². The van der Waals surface area contributed by atoms with Crippen LogP contribution in [0.15, 0.2) is 42.7 Å². The van der Waals surface area contributed by atoms with Gasteiger partial charge in [-0.15, -0.1) is 0 Å². The van der Waals surface area contributed by atoms with Crippen LogP contribution in [0.2, 0.25) is 0 Å². The van der Waals surface area contributed by atoms with Crippen LogP contribution in [0.1, 0.15) is 28.7 Å². The molecule has 0 saturated heterocycles. The molecule has 5 nitrogen and oxygen atoms in total. The van der Waals surface area contributed by atoms with Gasteiger partial charge in [0.05, 0.1) is 0 Å². The molecule has 2 heterocycles. The molecule has 0 bridgehead atoms. The van der Waals surface area contributed by atoms with E-state index in [0.29, 0.717) is 6.42 Å². The van der Waals surface area contributed by atoms with Gasteiger partial charge in [-0.2, -0.15) is 0 Å². The molecule has 0 spiro atoms. The fraction of sp³-hybridized carbons (Fsp3) is 0.250. The van der Waals surface area contributed by atoms with Crippen LogP contribution in [-0.4, -0.2) is 27.7 Å². The molecule has 0 unspecified atom stereocenters. The van der Waals surface area contributed by atoms with Crippen molar-refractivity contribution in [2.45, 2.75) is 26.3 Å². The van der Waals surface area contributed by atoms with Crippen molar-refractivity contribution < 1.29 is 9.59 Å². The number of hydrogen-bond donors (Lipinski definition) is 1. The zero-order valence-corrected chi connectivity index (χ0v) is 12.0. The third-order valence-electron chi connectivity index (χ3n) is 2.97. The molecule has 21 heavy (non-hydrogen) atoms. The third kappa shape index (κ3) is 4.21. The van der Waals surface area contributed by atoms with E-state index in [1.54, 1.807) is 18.3 Å². The third-order valence-corrected chi connectivity index (χ3v) is 2.97. The number of ketones is 1. The molecule has 5 heteroatoms. The summed E-state index contributed by atoms with van der Waals surface area (Å²) in [7, 11) is 0. The van der Waals surface area contributed by atoms with Gasteiger partial charge in [-0.25, -0.2) is 0 Å². The lowest BCUT2D eigenvalue weighted by atomic mass is 10.1. The van der Waals surface area contributed by atoms with Crippen LogP contribution in [0, 0.1) is 6.92 Å². The smallest absolute Gasteiger partial charge is 0.292 e.